The number of aliphatic imine (C=N–C) groups is 1. The minimum atomic E-state index is 0.458. The highest BCUT2D eigenvalue weighted by atomic mass is 16.5. The van der Waals surface area contributed by atoms with Crippen LogP contribution < -0.4 is 9.47 Å². The highest BCUT2D eigenvalue weighted by Crippen LogP contribution is 2.19. The van der Waals surface area contributed by atoms with Gasteiger partial charge in [-0.15, -0.1) is 0 Å². The Balaban J connectivity index is 1.85. The van der Waals surface area contributed by atoms with Crippen LogP contribution in [-0.2, 0) is 0 Å². The van der Waals surface area contributed by atoms with Crippen molar-refractivity contribution < 1.29 is 9.47 Å². The van der Waals surface area contributed by atoms with Gasteiger partial charge in [-0.3, -0.25) is 0 Å². The van der Waals surface area contributed by atoms with Crippen molar-refractivity contribution >= 4 is 11.6 Å². The van der Waals surface area contributed by atoms with E-state index in [1.165, 1.54) is 11.1 Å². The van der Waals surface area contributed by atoms with Crippen LogP contribution >= 0.6 is 0 Å². The number of aryl methyl sites for hydroxylation is 3. The van der Waals surface area contributed by atoms with E-state index in [1.54, 1.807) is 12.3 Å². The number of benzene rings is 3. The molecule has 3 rings (SSSR count). The zero-order valence-electron chi connectivity index (χ0n) is 15.8. The van der Waals surface area contributed by atoms with Gasteiger partial charge >= 0.3 is 0 Å². The van der Waals surface area contributed by atoms with Crippen molar-refractivity contribution in [2.45, 2.75) is 20.8 Å². The van der Waals surface area contributed by atoms with Crippen LogP contribution in [0, 0.1) is 20.8 Å². The summed E-state index contributed by atoms with van der Waals surface area (Å²) in [6.45, 7) is 6.19. The standard InChI is InChI=1S/C24H23NO2/c1-18-8-7-11-23(16-18)27-24(14-15-26-22-9-5-4-6-10-22)25-21-13-12-19(2)20(3)17-21/h4-17H,1-3H3. The zero-order chi connectivity index (χ0) is 19.1. The van der Waals surface area contributed by atoms with Crippen molar-refractivity contribution in [3.05, 3.63) is 102 Å². The summed E-state index contributed by atoms with van der Waals surface area (Å²) in [7, 11) is 0. The Morgan fingerprint density at radius 3 is 2.30 bits per heavy atom. The Morgan fingerprint density at radius 1 is 0.778 bits per heavy atom. The number of hydrogen-bond acceptors (Lipinski definition) is 3. The van der Waals surface area contributed by atoms with Gasteiger partial charge in [-0.1, -0.05) is 36.4 Å². The quantitative estimate of drug-likeness (QED) is 0.304. The lowest BCUT2D eigenvalue weighted by molar-refractivity contribution is 0.479. The molecule has 0 aliphatic heterocycles. The lowest BCUT2D eigenvalue weighted by Gasteiger charge is -2.08. The summed E-state index contributed by atoms with van der Waals surface area (Å²) < 4.78 is 11.6. The fourth-order valence-corrected chi connectivity index (χ4v) is 2.49. The molecule has 0 saturated heterocycles. The molecule has 3 aromatic carbocycles. The molecule has 3 heteroatoms. The molecule has 0 aromatic heterocycles. The predicted octanol–water partition coefficient (Wildman–Crippen LogP) is 6.31. The molecule has 0 N–H and O–H groups in total. The molecule has 27 heavy (non-hydrogen) atoms. The van der Waals surface area contributed by atoms with Crippen molar-refractivity contribution in [3.63, 3.8) is 0 Å². The third-order valence-corrected chi connectivity index (χ3v) is 4.10. The van der Waals surface area contributed by atoms with Gasteiger partial charge in [0.1, 0.15) is 11.5 Å². The topological polar surface area (TPSA) is 30.8 Å². The predicted molar refractivity (Wildman–Crippen MR) is 111 cm³/mol. The SMILES string of the molecule is Cc1cccc(OC(C=COc2ccccc2)=Nc2ccc(C)c(C)c2)c1. The molecule has 3 aromatic rings. The van der Waals surface area contributed by atoms with Crippen molar-refractivity contribution in [2.75, 3.05) is 0 Å². The average Bonchev–Trinajstić information content (AvgIpc) is 2.65. The molecule has 3 nitrogen and oxygen atoms in total. The van der Waals surface area contributed by atoms with Gasteiger partial charge in [0.25, 0.3) is 0 Å². The van der Waals surface area contributed by atoms with Gasteiger partial charge in [-0.2, -0.15) is 0 Å². The molecule has 0 saturated carbocycles. The number of hydrogen-bond donors (Lipinski definition) is 0. The summed E-state index contributed by atoms with van der Waals surface area (Å²) in [6, 6.07) is 23.5. The van der Waals surface area contributed by atoms with Gasteiger partial charge in [0.15, 0.2) is 0 Å². The third-order valence-electron chi connectivity index (χ3n) is 4.10. The van der Waals surface area contributed by atoms with Gasteiger partial charge in [0.2, 0.25) is 5.90 Å². The van der Waals surface area contributed by atoms with E-state index in [1.807, 2.05) is 73.7 Å². The van der Waals surface area contributed by atoms with E-state index >= 15 is 0 Å². The first-order valence-corrected chi connectivity index (χ1v) is 8.89. The Labute approximate surface area is 160 Å². The molecule has 0 radical (unpaired) electrons. The Morgan fingerprint density at radius 2 is 1.56 bits per heavy atom. The number of ether oxygens (including phenoxy) is 2. The maximum absolute atomic E-state index is 5.99. The van der Waals surface area contributed by atoms with Crippen LogP contribution in [-0.4, -0.2) is 5.90 Å². The van der Waals surface area contributed by atoms with Crippen LogP contribution in [0.2, 0.25) is 0 Å². The first-order valence-electron chi connectivity index (χ1n) is 8.89. The van der Waals surface area contributed by atoms with E-state index in [0.29, 0.717) is 5.90 Å². The average molecular weight is 357 g/mol. The van der Waals surface area contributed by atoms with Crippen molar-refractivity contribution in [3.8, 4) is 11.5 Å². The molecule has 0 heterocycles. The summed E-state index contributed by atoms with van der Waals surface area (Å²) >= 11 is 0. The van der Waals surface area contributed by atoms with E-state index in [2.05, 4.69) is 24.9 Å². The van der Waals surface area contributed by atoms with Crippen LogP contribution in [0.1, 0.15) is 16.7 Å². The number of para-hydroxylation sites is 1. The molecular formula is C24H23NO2. The van der Waals surface area contributed by atoms with Gasteiger partial charge in [0.05, 0.1) is 11.9 Å². The lowest BCUT2D eigenvalue weighted by Crippen LogP contribution is -2.05. The normalized spacial score (nSPS) is 11.6. The van der Waals surface area contributed by atoms with Crippen LogP contribution in [0.5, 0.6) is 11.5 Å². The maximum atomic E-state index is 5.99. The molecular weight excluding hydrogens is 334 g/mol. The fourth-order valence-electron chi connectivity index (χ4n) is 2.49. The van der Waals surface area contributed by atoms with E-state index in [4.69, 9.17) is 9.47 Å². The molecule has 0 spiro atoms. The van der Waals surface area contributed by atoms with E-state index in [-0.39, 0.29) is 0 Å². The largest absolute Gasteiger partial charge is 0.465 e. The Kier molecular flexibility index (Phi) is 6.06. The molecule has 136 valence electrons. The molecule has 0 aliphatic carbocycles. The van der Waals surface area contributed by atoms with Crippen LogP contribution in [0.15, 0.2) is 90.1 Å². The molecule has 0 amide bonds. The van der Waals surface area contributed by atoms with E-state index < -0.39 is 0 Å². The molecule has 0 atom stereocenters. The molecule has 0 bridgehead atoms. The van der Waals surface area contributed by atoms with E-state index in [0.717, 1.165) is 22.7 Å². The maximum Gasteiger partial charge on any atom is 0.222 e. The lowest BCUT2D eigenvalue weighted by atomic mass is 10.1. The fraction of sp³-hybridized carbons (Fsp3) is 0.125. The highest BCUT2D eigenvalue weighted by Gasteiger charge is 2.03. The third kappa shape index (κ3) is 5.58. The van der Waals surface area contributed by atoms with E-state index in [9.17, 15) is 0 Å². The Bertz CT molecular complexity index is 959. The summed E-state index contributed by atoms with van der Waals surface area (Å²) in [4.78, 5) is 4.64. The second-order valence-corrected chi connectivity index (χ2v) is 6.37. The van der Waals surface area contributed by atoms with Crippen LogP contribution in [0.25, 0.3) is 0 Å². The van der Waals surface area contributed by atoms with Gasteiger partial charge in [0, 0.05) is 6.08 Å². The summed E-state index contributed by atoms with van der Waals surface area (Å²) in [5.74, 6) is 1.96. The van der Waals surface area contributed by atoms with Crippen molar-refractivity contribution in [1.29, 1.82) is 0 Å². The second-order valence-electron chi connectivity index (χ2n) is 6.37. The smallest absolute Gasteiger partial charge is 0.222 e. The van der Waals surface area contributed by atoms with Crippen molar-refractivity contribution in [2.24, 2.45) is 4.99 Å². The summed E-state index contributed by atoms with van der Waals surface area (Å²) in [5.41, 5.74) is 4.39. The summed E-state index contributed by atoms with van der Waals surface area (Å²) in [5, 5.41) is 0. The van der Waals surface area contributed by atoms with Gasteiger partial charge in [-0.25, -0.2) is 4.99 Å². The van der Waals surface area contributed by atoms with Crippen LogP contribution in [0.4, 0.5) is 5.69 Å². The first-order chi connectivity index (χ1) is 13.1. The second kappa shape index (κ2) is 8.86. The van der Waals surface area contributed by atoms with Crippen LogP contribution in [0.3, 0.4) is 0 Å². The summed E-state index contributed by atoms with van der Waals surface area (Å²) in [6.07, 6.45) is 3.32. The first kappa shape index (κ1) is 18.5. The van der Waals surface area contributed by atoms with Crippen molar-refractivity contribution in [1.82, 2.24) is 0 Å². The number of rotatable bonds is 5. The van der Waals surface area contributed by atoms with Gasteiger partial charge in [-0.05, 0) is 73.9 Å². The number of nitrogens with zero attached hydrogens (tertiary/aromatic N) is 1. The molecule has 0 fully saturated rings. The Hall–Kier alpha value is -3.33. The van der Waals surface area contributed by atoms with Gasteiger partial charge < -0.3 is 9.47 Å². The monoisotopic (exact) mass is 357 g/mol. The highest BCUT2D eigenvalue weighted by molar-refractivity contribution is 5.91. The molecule has 0 unspecified atom stereocenters. The minimum Gasteiger partial charge on any atom is -0.465 e. The minimum absolute atomic E-state index is 0.458. The molecule has 0 aliphatic rings. The zero-order valence-corrected chi connectivity index (χ0v) is 15.8.